The van der Waals surface area contributed by atoms with E-state index in [9.17, 15) is 0 Å². The average Bonchev–Trinajstić information content (AvgIpc) is 2.82. The number of anilines is 1. The number of fused-ring (bicyclic) bond motifs is 1. The molecule has 0 aromatic carbocycles. The largest absolute Gasteiger partial charge is 0.384 e. The molecule has 0 atom stereocenters. The summed E-state index contributed by atoms with van der Waals surface area (Å²) in [6, 6.07) is 5.64. The van der Waals surface area contributed by atoms with Crippen molar-refractivity contribution >= 4 is 16.9 Å². The Morgan fingerprint density at radius 3 is 2.94 bits per heavy atom. The number of imidazole rings is 1. The highest BCUT2D eigenvalue weighted by Crippen LogP contribution is 2.19. The van der Waals surface area contributed by atoms with Crippen LogP contribution in [0.5, 0.6) is 0 Å². The monoisotopic (exact) mass is 211 g/mol. The van der Waals surface area contributed by atoms with Gasteiger partial charge in [-0.1, -0.05) is 0 Å². The predicted molar refractivity (Wildman–Crippen MR) is 61.5 cm³/mol. The number of hydrogen-bond acceptors (Lipinski definition) is 4. The minimum atomic E-state index is 0.478. The highest BCUT2D eigenvalue weighted by molar-refractivity contribution is 5.80. The first-order valence-electron chi connectivity index (χ1n) is 4.85. The fourth-order valence-electron chi connectivity index (χ4n) is 1.58. The van der Waals surface area contributed by atoms with Gasteiger partial charge in [-0.3, -0.25) is 0 Å². The number of nitrogens with two attached hydrogens (primary N) is 1. The molecular weight excluding hydrogens is 202 g/mol. The van der Waals surface area contributed by atoms with Gasteiger partial charge >= 0.3 is 0 Å². The summed E-state index contributed by atoms with van der Waals surface area (Å²) < 4.78 is 0. The smallest absolute Gasteiger partial charge is 0.161 e. The van der Waals surface area contributed by atoms with Crippen molar-refractivity contribution in [3.63, 3.8) is 0 Å². The first kappa shape index (κ1) is 8.84. The van der Waals surface area contributed by atoms with Crippen molar-refractivity contribution in [2.24, 2.45) is 0 Å². The number of aromatic nitrogens is 4. The molecule has 3 N–H and O–H groups in total. The number of nitrogen functional groups attached to an aromatic ring is 1. The van der Waals surface area contributed by atoms with E-state index in [4.69, 9.17) is 5.73 Å². The molecule has 78 valence electrons. The normalized spacial score (nSPS) is 10.8. The summed E-state index contributed by atoms with van der Waals surface area (Å²) in [5.41, 5.74) is 7.17. The third-order valence-corrected chi connectivity index (χ3v) is 2.34. The third-order valence-electron chi connectivity index (χ3n) is 2.34. The van der Waals surface area contributed by atoms with Gasteiger partial charge in [0.1, 0.15) is 11.6 Å². The number of aromatic amines is 1. The Hall–Kier alpha value is -2.43. The van der Waals surface area contributed by atoms with E-state index in [0.717, 1.165) is 16.8 Å². The molecule has 0 saturated carbocycles. The van der Waals surface area contributed by atoms with Gasteiger partial charge in [-0.25, -0.2) is 15.0 Å². The second-order valence-electron chi connectivity index (χ2n) is 3.44. The zero-order valence-electron chi connectivity index (χ0n) is 8.38. The molecule has 3 rings (SSSR count). The zero-order valence-corrected chi connectivity index (χ0v) is 8.38. The van der Waals surface area contributed by atoms with Gasteiger partial charge in [-0.05, 0) is 18.2 Å². The Kier molecular flexibility index (Phi) is 1.83. The quantitative estimate of drug-likeness (QED) is 0.640. The van der Waals surface area contributed by atoms with Crippen LogP contribution in [0.2, 0.25) is 0 Å². The Bertz CT molecular complexity index is 630. The first-order chi connectivity index (χ1) is 7.83. The summed E-state index contributed by atoms with van der Waals surface area (Å²) >= 11 is 0. The fraction of sp³-hybridized carbons (Fsp3) is 0. The standard InChI is InChI=1S/C11H9N5/c12-9-2-1-7-5-8(6-15-11(7)16-9)10-13-3-4-14-10/h1-6H,(H,13,14)(H2,12,15,16). The van der Waals surface area contributed by atoms with Crippen LogP contribution < -0.4 is 5.73 Å². The number of nitrogens with one attached hydrogen (secondary N) is 1. The molecule has 0 aliphatic carbocycles. The van der Waals surface area contributed by atoms with Crippen molar-refractivity contribution in [1.82, 2.24) is 19.9 Å². The molecule has 5 nitrogen and oxygen atoms in total. The second kappa shape index (κ2) is 3.30. The van der Waals surface area contributed by atoms with E-state index in [1.165, 1.54) is 0 Å². The van der Waals surface area contributed by atoms with E-state index in [1.54, 1.807) is 24.7 Å². The van der Waals surface area contributed by atoms with Crippen LogP contribution in [0.1, 0.15) is 0 Å². The second-order valence-corrected chi connectivity index (χ2v) is 3.44. The molecule has 0 aliphatic rings. The summed E-state index contributed by atoms with van der Waals surface area (Å²) in [4.78, 5) is 15.6. The van der Waals surface area contributed by atoms with E-state index >= 15 is 0 Å². The molecule has 3 aromatic rings. The highest BCUT2D eigenvalue weighted by Gasteiger charge is 2.03. The molecule has 5 heteroatoms. The molecule has 0 radical (unpaired) electrons. The summed E-state index contributed by atoms with van der Waals surface area (Å²) in [6.45, 7) is 0. The van der Waals surface area contributed by atoms with Gasteiger partial charge in [-0.15, -0.1) is 0 Å². The average molecular weight is 211 g/mol. The van der Waals surface area contributed by atoms with Crippen molar-refractivity contribution in [1.29, 1.82) is 0 Å². The predicted octanol–water partition coefficient (Wildman–Crippen LogP) is 1.60. The highest BCUT2D eigenvalue weighted by atomic mass is 14.9. The summed E-state index contributed by atoms with van der Waals surface area (Å²) in [5.74, 6) is 1.27. The lowest BCUT2D eigenvalue weighted by Crippen LogP contribution is -1.92. The maximum Gasteiger partial charge on any atom is 0.161 e. The van der Waals surface area contributed by atoms with Gasteiger partial charge < -0.3 is 10.7 Å². The SMILES string of the molecule is Nc1ccc2cc(-c3ncc[nH]3)cnc2n1. The molecule has 0 unspecified atom stereocenters. The van der Waals surface area contributed by atoms with Gasteiger partial charge in [-0.2, -0.15) is 0 Å². The van der Waals surface area contributed by atoms with Crippen LogP contribution in [0.4, 0.5) is 5.82 Å². The van der Waals surface area contributed by atoms with Crippen molar-refractivity contribution in [3.05, 3.63) is 36.8 Å². The lowest BCUT2D eigenvalue weighted by molar-refractivity contribution is 1.26. The molecule has 0 bridgehead atoms. The Balaban J connectivity index is 2.20. The molecule has 3 aromatic heterocycles. The first-order valence-corrected chi connectivity index (χ1v) is 4.85. The van der Waals surface area contributed by atoms with Crippen molar-refractivity contribution in [3.8, 4) is 11.4 Å². The number of nitrogens with zero attached hydrogens (tertiary/aromatic N) is 3. The molecule has 3 heterocycles. The number of rotatable bonds is 1. The van der Waals surface area contributed by atoms with E-state index in [-0.39, 0.29) is 0 Å². The van der Waals surface area contributed by atoms with E-state index in [2.05, 4.69) is 19.9 Å². The van der Waals surface area contributed by atoms with Crippen LogP contribution in [-0.2, 0) is 0 Å². The van der Waals surface area contributed by atoms with Crippen LogP contribution in [0, 0.1) is 0 Å². The van der Waals surface area contributed by atoms with Crippen molar-refractivity contribution in [2.45, 2.75) is 0 Å². The summed E-state index contributed by atoms with van der Waals surface area (Å²) in [6.07, 6.45) is 5.22. The van der Waals surface area contributed by atoms with Crippen molar-refractivity contribution in [2.75, 3.05) is 5.73 Å². The Morgan fingerprint density at radius 1 is 1.19 bits per heavy atom. The number of pyridine rings is 2. The Morgan fingerprint density at radius 2 is 2.12 bits per heavy atom. The van der Waals surface area contributed by atoms with Gasteiger partial charge in [0.15, 0.2) is 5.65 Å². The maximum atomic E-state index is 5.59. The molecule has 0 amide bonds. The van der Waals surface area contributed by atoms with Crippen LogP contribution in [0.15, 0.2) is 36.8 Å². The van der Waals surface area contributed by atoms with Gasteiger partial charge in [0.05, 0.1) is 0 Å². The third kappa shape index (κ3) is 1.38. The minimum Gasteiger partial charge on any atom is -0.384 e. The maximum absolute atomic E-state index is 5.59. The Labute approximate surface area is 91.4 Å². The lowest BCUT2D eigenvalue weighted by Gasteiger charge is -2.00. The van der Waals surface area contributed by atoms with Gasteiger partial charge in [0.25, 0.3) is 0 Å². The molecule has 0 spiro atoms. The van der Waals surface area contributed by atoms with Crippen LogP contribution >= 0.6 is 0 Å². The molecule has 0 aliphatic heterocycles. The van der Waals surface area contributed by atoms with Crippen molar-refractivity contribution < 1.29 is 0 Å². The summed E-state index contributed by atoms with van der Waals surface area (Å²) in [5, 5.41) is 0.947. The summed E-state index contributed by atoms with van der Waals surface area (Å²) in [7, 11) is 0. The topological polar surface area (TPSA) is 80.5 Å². The van der Waals surface area contributed by atoms with Crippen LogP contribution in [0.25, 0.3) is 22.4 Å². The molecular formula is C11H9N5. The molecule has 0 saturated heterocycles. The van der Waals surface area contributed by atoms with E-state index < -0.39 is 0 Å². The zero-order chi connectivity index (χ0) is 11.0. The van der Waals surface area contributed by atoms with Gasteiger partial charge in [0.2, 0.25) is 0 Å². The fourth-order valence-corrected chi connectivity index (χ4v) is 1.58. The van der Waals surface area contributed by atoms with E-state index in [0.29, 0.717) is 11.5 Å². The van der Waals surface area contributed by atoms with Gasteiger partial charge in [0, 0.05) is 29.5 Å². The van der Waals surface area contributed by atoms with Crippen LogP contribution in [-0.4, -0.2) is 19.9 Å². The molecule has 16 heavy (non-hydrogen) atoms. The number of H-pyrrole nitrogens is 1. The molecule has 0 fully saturated rings. The van der Waals surface area contributed by atoms with E-state index in [1.807, 2.05) is 12.1 Å². The number of hydrogen-bond donors (Lipinski definition) is 2. The lowest BCUT2D eigenvalue weighted by atomic mass is 10.2. The minimum absolute atomic E-state index is 0.478. The van der Waals surface area contributed by atoms with Crippen LogP contribution in [0.3, 0.4) is 0 Å².